The van der Waals surface area contributed by atoms with E-state index in [0.717, 1.165) is 18.1 Å². The fourth-order valence-corrected chi connectivity index (χ4v) is 2.15. The Morgan fingerprint density at radius 3 is 2.93 bits per heavy atom. The highest BCUT2D eigenvalue weighted by atomic mass is 32.1. The van der Waals surface area contributed by atoms with Crippen LogP contribution in [0.1, 0.15) is 13.8 Å². The van der Waals surface area contributed by atoms with Crippen molar-refractivity contribution in [3.05, 3.63) is 23.6 Å². The van der Waals surface area contributed by atoms with Gasteiger partial charge in [-0.3, -0.25) is 0 Å². The van der Waals surface area contributed by atoms with Gasteiger partial charge in [-0.15, -0.1) is 11.3 Å². The fourth-order valence-electron chi connectivity index (χ4n) is 1.47. The van der Waals surface area contributed by atoms with Gasteiger partial charge >= 0.3 is 0 Å². The molecule has 15 heavy (non-hydrogen) atoms. The van der Waals surface area contributed by atoms with Gasteiger partial charge in [-0.2, -0.15) is 5.10 Å². The minimum atomic E-state index is 0.559. The molecule has 0 fully saturated rings. The van der Waals surface area contributed by atoms with Crippen LogP contribution in [0.3, 0.4) is 0 Å². The molecule has 0 aliphatic heterocycles. The van der Waals surface area contributed by atoms with E-state index in [9.17, 15) is 0 Å². The number of thiophene rings is 1. The topological polar surface area (TPSA) is 43.8 Å². The van der Waals surface area contributed by atoms with Crippen LogP contribution in [-0.4, -0.2) is 9.78 Å². The second-order valence-electron chi connectivity index (χ2n) is 4.01. The van der Waals surface area contributed by atoms with Crippen LogP contribution in [0.5, 0.6) is 0 Å². The zero-order valence-corrected chi connectivity index (χ0v) is 9.79. The Bertz CT molecular complexity index is 429. The van der Waals surface area contributed by atoms with Gasteiger partial charge in [0, 0.05) is 12.6 Å². The number of hydrogen-bond donors (Lipinski definition) is 1. The van der Waals surface area contributed by atoms with Crippen LogP contribution in [0.2, 0.25) is 0 Å². The third kappa shape index (κ3) is 2.21. The van der Waals surface area contributed by atoms with Crippen molar-refractivity contribution in [1.29, 1.82) is 0 Å². The van der Waals surface area contributed by atoms with Gasteiger partial charge in [0.05, 0.1) is 4.88 Å². The van der Waals surface area contributed by atoms with Crippen LogP contribution in [-0.2, 0) is 6.54 Å². The molecule has 2 N–H and O–H groups in total. The van der Waals surface area contributed by atoms with E-state index in [0.29, 0.717) is 5.92 Å². The maximum absolute atomic E-state index is 5.90. The Labute approximate surface area is 93.5 Å². The highest BCUT2D eigenvalue weighted by Crippen LogP contribution is 2.25. The van der Waals surface area contributed by atoms with Gasteiger partial charge in [-0.1, -0.05) is 19.9 Å². The summed E-state index contributed by atoms with van der Waals surface area (Å²) in [5, 5.41) is 6.54. The molecule has 0 aromatic carbocycles. The first-order chi connectivity index (χ1) is 7.16. The molecule has 2 rings (SSSR count). The smallest absolute Gasteiger partial charge is 0.122 e. The Hall–Kier alpha value is -1.29. The quantitative estimate of drug-likeness (QED) is 0.866. The molecule has 4 heteroatoms. The van der Waals surface area contributed by atoms with E-state index in [1.165, 1.54) is 4.88 Å². The number of aromatic nitrogens is 2. The van der Waals surface area contributed by atoms with Crippen molar-refractivity contribution in [2.75, 3.05) is 5.73 Å². The molecule has 3 nitrogen and oxygen atoms in total. The summed E-state index contributed by atoms with van der Waals surface area (Å²) in [7, 11) is 0. The van der Waals surface area contributed by atoms with Crippen molar-refractivity contribution in [1.82, 2.24) is 9.78 Å². The van der Waals surface area contributed by atoms with Crippen molar-refractivity contribution in [3.8, 4) is 10.6 Å². The van der Waals surface area contributed by atoms with Crippen molar-refractivity contribution >= 4 is 17.2 Å². The van der Waals surface area contributed by atoms with Gasteiger partial charge in [0.25, 0.3) is 0 Å². The van der Waals surface area contributed by atoms with Gasteiger partial charge in [-0.05, 0) is 17.4 Å². The molecule has 0 aliphatic carbocycles. The summed E-state index contributed by atoms with van der Waals surface area (Å²) in [6, 6.07) is 6.03. The Morgan fingerprint density at radius 1 is 1.53 bits per heavy atom. The molecule has 0 unspecified atom stereocenters. The third-order valence-electron chi connectivity index (χ3n) is 2.12. The van der Waals surface area contributed by atoms with Crippen LogP contribution < -0.4 is 5.73 Å². The lowest BCUT2D eigenvalue weighted by atomic mass is 10.2. The summed E-state index contributed by atoms with van der Waals surface area (Å²) >= 11 is 1.69. The lowest BCUT2D eigenvalue weighted by Crippen LogP contribution is -2.08. The Morgan fingerprint density at radius 2 is 2.33 bits per heavy atom. The number of anilines is 1. The minimum Gasteiger partial charge on any atom is -0.384 e. The van der Waals surface area contributed by atoms with Crippen LogP contribution in [0, 0.1) is 5.92 Å². The number of nitrogens with two attached hydrogens (primary N) is 1. The van der Waals surface area contributed by atoms with E-state index < -0.39 is 0 Å². The van der Waals surface area contributed by atoms with Gasteiger partial charge in [0.15, 0.2) is 0 Å². The minimum absolute atomic E-state index is 0.559. The molecule has 0 atom stereocenters. The van der Waals surface area contributed by atoms with Crippen LogP contribution >= 0.6 is 11.3 Å². The molecule has 0 aliphatic rings. The first-order valence-corrected chi connectivity index (χ1v) is 5.92. The third-order valence-corrected chi connectivity index (χ3v) is 3.02. The molecular formula is C11H15N3S. The monoisotopic (exact) mass is 221 g/mol. The maximum atomic E-state index is 5.90. The van der Waals surface area contributed by atoms with Crippen LogP contribution in [0.15, 0.2) is 23.6 Å². The second kappa shape index (κ2) is 4.06. The Kier molecular flexibility index (Phi) is 2.77. The first-order valence-electron chi connectivity index (χ1n) is 5.04. The molecule has 0 spiro atoms. The lowest BCUT2D eigenvalue weighted by molar-refractivity contribution is 0.489. The van der Waals surface area contributed by atoms with Crippen molar-refractivity contribution in [2.45, 2.75) is 20.4 Å². The Balaban J connectivity index is 2.29. The summed E-state index contributed by atoms with van der Waals surface area (Å²) in [5.74, 6) is 1.30. The number of hydrogen-bond acceptors (Lipinski definition) is 3. The van der Waals surface area contributed by atoms with Crippen LogP contribution in [0.25, 0.3) is 10.6 Å². The first kappa shape index (κ1) is 10.2. The van der Waals surface area contributed by atoms with E-state index in [4.69, 9.17) is 5.73 Å². The van der Waals surface area contributed by atoms with E-state index >= 15 is 0 Å². The predicted molar refractivity (Wildman–Crippen MR) is 64.8 cm³/mol. The molecule has 2 heterocycles. The molecule has 0 saturated heterocycles. The summed E-state index contributed by atoms with van der Waals surface area (Å²) in [4.78, 5) is 1.17. The summed E-state index contributed by atoms with van der Waals surface area (Å²) in [5.41, 5.74) is 6.88. The van der Waals surface area contributed by atoms with E-state index in [-0.39, 0.29) is 0 Å². The van der Waals surface area contributed by atoms with Crippen molar-refractivity contribution < 1.29 is 0 Å². The predicted octanol–water partition coefficient (Wildman–Crippen LogP) is 2.85. The molecule has 2 aromatic heterocycles. The van der Waals surface area contributed by atoms with Gasteiger partial charge in [0.1, 0.15) is 11.5 Å². The summed E-state index contributed by atoms with van der Waals surface area (Å²) in [6.45, 7) is 5.19. The number of rotatable bonds is 3. The average Bonchev–Trinajstić information content (AvgIpc) is 2.75. The molecule has 0 radical (unpaired) electrons. The zero-order valence-electron chi connectivity index (χ0n) is 8.97. The fraction of sp³-hybridized carbons (Fsp3) is 0.364. The summed E-state index contributed by atoms with van der Waals surface area (Å²) < 4.78 is 1.87. The molecule has 2 aromatic rings. The highest BCUT2D eigenvalue weighted by Gasteiger charge is 2.08. The second-order valence-corrected chi connectivity index (χ2v) is 4.96. The van der Waals surface area contributed by atoms with Crippen LogP contribution in [0.4, 0.5) is 5.82 Å². The number of nitrogen functional groups attached to an aromatic ring is 1. The summed E-state index contributed by atoms with van der Waals surface area (Å²) in [6.07, 6.45) is 0. The molecule has 0 saturated carbocycles. The zero-order chi connectivity index (χ0) is 10.8. The van der Waals surface area contributed by atoms with Gasteiger partial charge < -0.3 is 5.73 Å². The highest BCUT2D eigenvalue weighted by molar-refractivity contribution is 7.13. The van der Waals surface area contributed by atoms with Gasteiger partial charge in [0.2, 0.25) is 0 Å². The maximum Gasteiger partial charge on any atom is 0.122 e. The van der Waals surface area contributed by atoms with Crippen molar-refractivity contribution in [3.63, 3.8) is 0 Å². The lowest BCUT2D eigenvalue weighted by Gasteiger charge is -2.05. The number of nitrogens with zero attached hydrogens (tertiary/aromatic N) is 2. The van der Waals surface area contributed by atoms with E-state index in [1.54, 1.807) is 11.3 Å². The standard InChI is InChI=1S/C11H15N3S/c1-8(2)7-14-11(12)6-9(13-14)10-4-3-5-15-10/h3-6,8H,7,12H2,1-2H3. The molecule has 80 valence electrons. The van der Waals surface area contributed by atoms with Gasteiger partial charge in [-0.25, -0.2) is 4.68 Å². The SMILES string of the molecule is CC(C)Cn1nc(-c2cccs2)cc1N. The largest absolute Gasteiger partial charge is 0.384 e. The normalized spacial score (nSPS) is 11.1. The molecule has 0 amide bonds. The van der Waals surface area contributed by atoms with Crippen molar-refractivity contribution in [2.24, 2.45) is 5.92 Å². The molecular weight excluding hydrogens is 206 g/mol. The van der Waals surface area contributed by atoms with E-state index in [1.807, 2.05) is 22.2 Å². The van der Waals surface area contributed by atoms with E-state index in [2.05, 4.69) is 25.0 Å². The average molecular weight is 221 g/mol. The molecule has 0 bridgehead atoms.